The highest BCUT2D eigenvalue weighted by atomic mass is 19.1. The van der Waals surface area contributed by atoms with Gasteiger partial charge in [-0.1, -0.05) is 19.9 Å². The summed E-state index contributed by atoms with van der Waals surface area (Å²) in [5.41, 5.74) is 0.239. The van der Waals surface area contributed by atoms with E-state index in [0.717, 1.165) is 12.8 Å². The molecule has 0 aromatic heterocycles. The van der Waals surface area contributed by atoms with E-state index in [1.54, 1.807) is 6.07 Å². The molecule has 19 heavy (non-hydrogen) atoms. The number of aliphatic hydroxyl groups excluding tert-OH is 1. The molecular weight excluding hydrogens is 245 g/mol. The molecule has 1 aromatic carbocycles. The van der Waals surface area contributed by atoms with Crippen LogP contribution in [-0.4, -0.2) is 24.2 Å². The molecular formula is C15H22FNO2. The Hall–Kier alpha value is -1.42. The van der Waals surface area contributed by atoms with Crippen molar-refractivity contribution in [2.45, 2.75) is 33.1 Å². The first-order valence-electron chi connectivity index (χ1n) is 6.71. The number of aliphatic hydroxyl groups is 1. The van der Waals surface area contributed by atoms with Crippen molar-refractivity contribution in [2.75, 3.05) is 13.2 Å². The third-order valence-electron chi connectivity index (χ3n) is 3.85. The van der Waals surface area contributed by atoms with Gasteiger partial charge in [0.15, 0.2) is 0 Å². The van der Waals surface area contributed by atoms with E-state index in [-0.39, 0.29) is 17.9 Å². The van der Waals surface area contributed by atoms with Gasteiger partial charge in [-0.15, -0.1) is 0 Å². The molecule has 0 saturated heterocycles. The summed E-state index contributed by atoms with van der Waals surface area (Å²) < 4.78 is 13.0. The summed E-state index contributed by atoms with van der Waals surface area (Å²) in [4.78, 5) is 11.9. The molecule has 0 fully saturated rings. The van der Waals surface area contributed by atoms with E-state index in [2.05, 4.69) is 5.32 Å². The molecule has 2 N–H and O–H groups in total. The van der Waals surface area contributed by atoms with Gasteiger partial charge in [-0.2, -0.15) is 0 Å². The Labute approximate surface area is 113 Å². The highest BCUT2D eigenvalue weighted by Gasteiger charge is 2.26. The quantitative estimate of drug-likeness (QED) is 0.798. The van der Waals surface area contributed by atoms with Crippen molar-refractivity contribution in [3.63, 3.8) is 0 Å². The summed E-state index contributed by atoms with van der Waals surface area (Å²) in [5, 5.41) is 12.0. The number of carbonyl (C=O) groups excluding carboxylic acids is 1. The number of hydrogen-bond acceptors (Lipinski definition) is 2. The molecule has 0 heterocycles. The van der Waals surface area contributed by atoms with Crippen LogP contribution in [0.2, 0.25) is 0 Å². The first kappa shape index (κ1) is 15.6. The zero-order chi connectivity index (χ0) is 14.3. The van der Waals surface area contributed by atoms with Gasteiger partial charge < -0.3 is 10.4 Å². The molecule has 0 unspecified atom stereocenters. The number of carbonyl (C=O) groups is 1. The molecule has 1 amide bonds. The van der Waals surface area contributed by atoms with Crippen LogP contribution in [-0.2, 0) is 0 Å². The molecule has 0 aliphatic heterocycles. The standard InChI is InChI=1S/C15H22FNO2/c1-3-15(4-2,8-9-18)11-17-14(19)12-6-5-7-13(16)10-12/h5-7,10,18H,3-4,8-9,11H2,1-2H3,(H,17,19). The minimum atomic E-state index is -0.416. The average Bonchev–Trinajstić information content (AvgIpc) is 2.43. The summed E-state index contributed by atoms with van der Waals surface area (Å²) >= 11 is 0. The number of nitrogens with one attached hydrogen (secondary N) is 1. The minimum Gasteiger partial charge on any atom is -0.396 e. The van der Waals surface area contributed by atoms with Crippen LogP contribution in [0.15, 0.2) is 24.3 Å². The smallest absolute Gasteiger partial charge is 0.251 e. The van der Waals surface area contributed by atoms with Crippen LogP contribution in [0.5, 0.6) is 0 Å². The maximum Gasteiger partial charge on any atom is 0.251 e. The molecule has 4 heteroatoms. The fraction of sp³-hybridized carbons (Fsp3) is 0.533. The Balaban J connectivity index is 2.66. The number of halogens is 1. The van der Waals surface area contributed by atoms with E-state index >= 15 is 0 Å². The Bertz CT molecular complexity index is 416. The summed E-state index contributed by atoms with van der Waals surface area (Å²) in [7, 11) is 0. The van der Waals surface area contributed by atoms with Gasteiger partial charge in [-0.3, -0.25) is 4.79 Å². The van der Waals surface area contributed by atoms with E-state index in [9.17, 15) is 9.18 Å². The van der Waals surface area contributed by atoms with E-state index in [0.29, 0.717) is 18.5 Å². The summed E-state index contributed by atoms with van der Waals surface area (Å²) in [5.74, 6) is -0.691. The molecule has 1 rings (SSSR count). The van der Waals surface area contributed by atoms with Gasteiger partial charge in [-0.25, -0.2) is 4.39 Å². The van der Waals surface area contributed by atoms with Crippen LogP contribution >= 0.6 is 0 Å². The third kappa shape index (κ3) is 4.31. The van der Waals surface area contributed by atoms with Crippen LogP contribution in [0.3, 0.4) is 0 Å². The third-order valence-corrected chi connectivity index (χ3v) is 3.85. The average molecular weight is 267 g/mol. The van der Waals surface area contributed by atoms with Crippen LogP contribution in [0.25, 0.3) is 0 Å². The first-order chi connectivity index (χ1) is 9.06. The minimum absolute atomic E-state index is 0.0856. The predicted octanol–water partition coefficient (Wildman–Crippen LogP) is 2.74. The zero-order valence-corrected chi connectivity index (χ0v) is 11.6. The van der Waals surface area contributed by atoms with Gasteiger partial charge in [-0.05, 0) is 42.9 Å². The Kier molecular flexibility index (Phi) is 5.96. The lowest BCUT2D eigenvalue weighted by Gasteiger charge is -2.31. The van der Waals surface area contributed by atoms with Gasteiger partial charge in [0.25, 0.3) is 5.91 Å². The fourth-order valence-electron chi connectivity index (χ4n) is 2.18. The molecule has 0 aliphatic carbocycles. The van der Waals surface area contributed by atoms with Crippen molar-refractivity contribution < 1.29 is 14.3 Å². The van der Waals surface area contributed by atoms with Crippen molar-refractivity contribution in [3.05, 3.63) is 35.6 Å². The topological polar surface area (TPSA) is 49.3 Å². The lowest BCUT2D eigenvalue weighted by atomic mass is 9.79. The Morgan fingerprint density at radius 2 is 2.05 bits per heavy atom. The number of hydrogen-bond donors (Lipinski definition) is 2. The van der Waals surface area contributed by atoms with Crippen molar-refractivity contribution in [2.24, 2.45) is 5.41 Å². The van der Waals surface area contributed by atoms with Gasteiger partial charge in [0.1, 0.15) is 5.82 Å². The van der Waals surface area contributed by atoms with Crippen LogP contribution in [0, 0.1) is 11.2 Å². The lowest BCUT2D eigenvalue weighted by molar-refractivity contribution is 0.0907. The molecule has 1 aromatic rings. The second-order valence-corrected chi connectivity index (χ2v) is 4.87. The second-order valence-electron chi connectivity index (χ2n) is 4.87. The van der Waals surface area contributed by atoms with E-state index in [4.69, 9.17) is 5.11 Å². The molecule has 0 atom stereocenters. The van der Waals surface area contributed by atoms with Gasteiger partial charge in [0.05, 0.1) is 0 Å². The summed E-state index contributed by atoms with van der Waals surface area (Å²) in [6.07, 6.45) is 2.42. The fourth-order valence-corrected chi connectivity index (χ4v) is 2.18. The van der Waals surface area contributed by atoms with Crippen LogP contribution in [0.4, 0.5) is 4.39 Å². The highest BCUT2D eigenvalue weighted by Crippen LogP contribution is 2.29. The van der Waals surface area contributed by atoms with E-state index < -0.39 is 5.82 Å². The number of amides is 1. The first-order valence-corrected chi connectivity index (χ1v) is 6.71. The van der Waals surface area contributed by atoms with Crippen LogP contribution in [0.1, 0.15) is 43.5 Å². The maximum absolute atomic E-state index is 13.0. The largest absolute Gasteiger partial charge is 0.396 e. The van der Waals surface area contributed by atoms with Gasteiger partial charge in [0, 0.05) is 18.7 Å². The van der Waals surface area contributed by atoms with Crippen molar-refractivity contribution >= 4 is 5.91 Å². The summed E-state index contributed by atoms with van der Waals surface area (Å²) in [6.45, 7) is 4.70. The predicted molar refractivity (Wildman–Crippen MR) is 73.5 cm³/mol. The number of benzene rings is 1. The molecule has 3 nitrogen and oxygen atoms in total. The van der Waals surface area contributed by atoms with Crippen molar-refractivity contribution in [1.29, 1.82) is 0 Å². The molecule has 106 valence electrons. The lowest BCUT2D eigenvalue weighted by Crippen LogP contribution is -2.37. The summed E-state index contributed by atoms with van der Waals surface area (Å²) in [6, 6.07) is 5.64. The Morgan fingerprint density at radius 3 is 2.58 bits per heavy atom. The van der Waals surface area contributed by atoms with E-state index in [1.807, 2.05) is 13.8 Å². The monoisotopic (exact) mass is 267 g/mol. The van der Waals surface area contributed by atoms with Crippen molar-refractivity contribution in [1.82, 2.24) is 5.32 Å². The normalized spacial score (nSPS) is 11.4. The molecule has 0 aliphatic rings. The van der Waals surface area contributed by atoms with Crippen molar-refractivity contribution in [3.8, 4) is 0 Å². The molecule has 0 bridgehead atoms. The maximum atomic E-state index is 13.0. The molecule has 0 radical (unpaired) electrons. The SMILES string of the molecule is CCC(CC)(CCO)CNC(=O)c1cccc(F)c1. The van der Waals surface area contributed by atoms with Crippen LogP contribution < -0.4 is 5.32 Å². The molecule has 0 saturated carbocycles. The van der Waals surface area contributed by atoms with Gasteiger partial charge in [0.2, 0.25) is 0 Å². The zero-order valence-electron chi connectivity index (χ0n) is 11.6. The highest BCUT2D eigenvalue weighted by molar-refractivity contribution is 5.94. The molecule has 0 spiro atoms. The number of rotatable bonds is 7. The van der Waals surface area contributed by atoms with Gasteiger partial charge >= 0.3 is 0 Å². The van der Waals surface area contributed by atoms with E-state index in [1.165, 1.54) is 18.2 Å². The second kappa shape index (κ2) is 7.24. The Morgan fingerprint density at radius 1 is 1.37 bits per heavy atom.